The lowest BCUT2D eigenvalue weighted by atomic mass is 10.2. The number of hydrogen-bond acceptors (Lipinski definition) is 6. The van der Waals surface area contributed by atoms with Gasteiger partial charge < -0.3 is 14.7 Å². The Morgan fingerprint density at radius 2 is 2.08 bits per heavy atom. The Morgan fingerprint density at radius 1 is 1.36 bits per heavy atom. The highest BCUT2D eigenvalue weighted by Crippen LogP contribution is 2.31. The maximum absolute atomic E-state index is 11.2. The lowest BCUT2D eigenvalue weighted by Gasteiger charge is -2.36. The summed E-state index contributed by atoms with van der Waals surface area (Å²) < 4.78 is 5.45. The van der Waals surface area contributed by atoms with Crippen molar-refractivity contribution in [1.29, 1.82) is 0 Å². The van der Waals surface area contributed by atoms with E-state index >= 15 is 0 Å². The molecule has 1 saturated heterocycles. The highest BCUT2D eigenvalue weighted by molar-refractivity contribution is 6.30. The van der Waals surface area contributed by atoms with Gasteiger partial charge in [-0.3, -0.25) is 15.0 Å². The van der Waals surface area contributed by atoms with Crippen molar-refractivity contribution in [1.82, 2.24) is 4.90 Å². The normalized spacial score (nSPS) is 16.8. The van der Waals surface area contributed by atoms with Gasteiger partial charge in [-0.15, -0.1) is 0 Å². The summed E-state index contributed by atoms with van der Waals surface area (Å²) in [5.41, 5.74) is 0.628. The summed E-state index contributed by atoms with van der Waals surface area (Å²) in [6, 6.07) is 4.76. The third-order valence-corrected chi connectivity index (χ3v) is 4.50. The summed E-state index contributed by atoms with van der Waals surface area (Å²) in [6.07, 6.45) is 1.58. The van der Waals surface area contributed by atoms with Gasteiger partial charge in [0, 0.05) is 50.4 Å². The van der Waals surface area contributed by atoms with Crippen molar-refractivity contribution in [3.63, 3.8) is 0 Å². The highest BCUT2D eigenvalue weighted by atomic mass is 35.5. The van der Waals surface area contributed by atoms with Crippen LogP contribution in [0.15, 0.2) is 18.2 Å². The quantitative estimate of drug-likeness (QED) is 0.408. The molecule has 1 aromatic rings. The Hall–Kier alpha value is -1.41. The molecule has 1 unspecified atom stereocenters. The van der Waals surface area contributed by atoms with Crippen molar-refractivity contribution in [3.05, 3.63) is 33.3 Å². The SMILES string of the molecule is CCCCOCC(O)CN1CCN(c2ccc(Cl)cc2[N+](=O)[O-])CC1. The number of aliphatic hydroxyl groups excluding tert-OH is 1. The minimum Gasteiger partial charge on any atom is -0.389 e. The first kappa shape index (κ1) is 19.9. The minimum absolute atomic E-state index is 0.0327. The van der Waals surface area contributed by atoms with Crippen LogP contribution in [-0.2, 0) is 4.74 Å². The van der Waals surface area contributed by atoms with E-state index in [1.807, 2.05) is 4.90 Å². The van der Waals surface area contributed by atoms with Gasteiger partial charge in [0.1, 0.15) is 5.69 Å². The molecule has 1 aliphatic heterocycles. The second kappa shape index (κ2) is 9.91. The molecule has 7 nitrogen and oxygen atoms in total. The summed E-state index contributed by atoms with van der Waals surface area (Å²) in [5.74, 6) is 0. The molecular formula is C17H26ClN3O4. The van der Waals surface area contributed by atoms with E-state index < -0.39 is 11.0 Å². The third kappa shape index (κ3) is 6.11. The first-order valence-corrected chi connectivity index (χ1v) is 9.06. The summed E-state index contributed by atoms with van der Waals surface area (Å²) in [7, 11) is 0. The molecule has 0 aliphatic carbocycles. The average molecular weight is 372 g/mol. The van der Waals surface area contributed by atoms with Crippen LogP contribution in [0.25, 0.3) is 0 Å². The van der Waals surface area contributed by atoms with Crippen LogP contribution in [-0.4, -0.2) is 67.0 Å². The monoisotopic (exact) mass is 371 g/mol. The molecule has 1 heterocycles. The highest BCUT2D eigenvalue weighted by Gasteiger charge is 2.24. The number of piperazine rings is 1. The van der Waals surface area contributed by atoms with Crippen molar-refractivity contribution in [2.24, 2.45) is 0 Å². The number of rotatable bonds is 9. The van der Waals surface area contributed by atoms with E-state index in [2.05, 4.69) is 11.8 Å². The van der Waals surface area contributed by atoms with E-state index in [-0.39, 0.29) is 5.69 Å². The predicted molar refractivity (Wildman–Crippen MR) is 98.5 cm³/mol. The average Bonchev–Trinajstić information content (AvgIpc) is 2.59. The minimum atomic E-state index is -0.506. The molecule has 0 amide bonds. The topological polar surface area (TPSA) is 79.1 Å². The molecule has 0 aromatic heterocycles. The van der Waals surface area contributed by atoms with Crippen molar-refractivity contribution < 1.29 is 14.8 Å². The molecule has 1 fully saturated rings. The van der Waals surface area contributed by atoms with Gasteiger partial charge in [-0.25, -0.2) is 0 Å². The standard InChI is InChI=1S/C17H26ClN3O4/c1-2-3-10-25-13-15(22)12-19-6-8-20(9-7-19)16-5-4-14(18)11-17(16)21(23)24/h4-5,11,15,22H,2-3,6-10,12-13H2,1H3. The molecule has 1 N–H and O–H groups in total. The molecule has 1 atom stereocenters. The molecule has 0 radical (unpaired) electrons. The van der Waals surface area contributed by atoms with Gasteiger partial charge in [-0.1, -0.05) is 24.9 Å². The van der Waals surface area contributed by atoms with Crippen molar-refractivity contribution in [2.75, 3.05) is 50.8 Å². The van der Waals surface area contributed by atoms with Crippen molar-refractivity contribution >= 4 is 23.0 Å². The van der Waals surface area contributed by atoms with Crippen LogP contribution in [0.1, 0.15) is 19.8 Å². The van der Waals surface area contributed by atoms with Gasteiger partial charge in [0.05, 0.1) is 17.6 Å². The number of nitro benzene ring substituents is 1. The van der Waals surface area contributed by atoms with Crippen molar-refractivity contribution in [3.8, 4) is 0 Å². The molecule has 0 spiro atoms. The molecule has 8 heteroatoms. The Morgan fingerprint density at radius 3 is 2.72 bits per heavy atom. The Kier molecular flexibility index (Phi) is 7.90. The van der Waals surface area contributed by atoms with Crippen LogP contribution in [0, 0.1) is 10.1 Å². The lowest BCUT2D eigenvalue weighted by molar-refractivity contribution is -0.384. The molecule has 25 heavy (non-hydrogen) atoms. The van der Waals surface area contributed by atoms with Gasteiger partial charge >= 0.3 is 0 Å². The van der Waals surface area contributed by atoms with E-state index in [0.29, 0.717) is 43.6 Å². The van der Waals surface area contributed by atoms with E-state index in [1.165, 1.54) is 6.07 Å². The number of halogens is 1. The van der Waals surface area contributed by atoms with Crippen LogP contribution in [0.2, 0.25) is 5.02 Å². The fourth-order valence-corrected chi connectivity index (χ4v) is 3.06. The van der Waals surface area contributed by atoms with Gasteiger partial charge in [0.25, 0.3) is 5.69 Å². The molecule has 1 aromatic carbocycles. The predicted octanol–water partition coefficient (Wildman–Crippen LogP) is 2.55. The first-order valence-electron chi connectivity index (χ1n) is 8.68. The van der Waals surface area contributed by atoms with Crippen LogP contribution in [0.3, 0.4) is 0 Å². The smallest absolute Gasteiger partial charge is 0.294 e. The number of hydrogen-bond donors (Lipinski definition) is 1. The zero-order valence-electron chi connectivity index (χ0n) is 14.6. The number of aliphatic hydroxyl groups is 1. The molecule has 0 saturated carbocycles. The third-order valence-electron chi connectivity index (χ3n) is 4.27. The van der Waals surface area contributed by atoms with Gasteiger partial charge in [-0.2, -0.15) is 0 Å². The number of benzene rings is 1. The number of nitrogens with zero attached hydrogens (tertiary/aromatic N) is 3. The molecule has 1 aliphatic rings. The van der Waals surface area contributed by atoms with Gasteiger partial charge in [-0.05, 0) is 18.6 Å². The Labute approximate surface area is 153 Å². The van der Waals surface area contributed by atoms with Crippen molar-refractivity contribution in [2.45, 2.75) is 25.9 Å². The molecule has 2 rings (SSSR count). The largest absolute Gasteiger partial charge is 0.389 e. The summed E-state index contributed by atoms with van der Waals surface area (Å²) in [5, 5.41) is 21.6. The van der Waals surface area contributed by atoms with E-state index in [1.54, 1.807) is 12.1 Å². The number of β-amino-alcohol motifs (C(OH)–C–C–N with tert-alkyl or cyclic N) is 1. The maximum atomic E-state index is 11.2. The molecular weight excluding hydrogens is 346 g/mol. The molecule has 140 valence electrons. The lowest BCUT2D eigenvalue weighted by Crippen LogP contribution is -2.49. The fraction of sp³-hybridized carbons (Fsp3) is 0.647. The number of anilines is 1. The van der Waals surface area contributed by atoms with Gasteiger partial charge in [0.2, 0.25) is 0 Å². The van der Waals surface area contributed by atoms with Crippen LogP contribution < -0.4 is 4.90 Å². The second-order valence-corrected chi connectivity index (χ2v) is 6.70. The molecule has 0 bridgehead atoms. The summed E-state index contributed by atoms with van der Waals surface area (Å²) >= 11 is 5.87. The van der Waals surface area contributed by atoms with Crippen LogP contribution >= 0.6 is 11.6 Å². The fourth-order valence-electron chi connectivity index (χ4n) is 2.90. The van der Waals surface area contributed by atoms with Crippen LogP contribution in [0.5, 0.6) is 0 Å². The second-order valence-electron chi connectivity index (χ2n) is 6.26. The Bertz CT molecular complexity index is 565. The Balaban J connectivity index is 1.83. The number of unbranched alkanes of at least 4 members (excludes halogenated alkanes) is 1. The van der Waals surface area contributed by atoms with E-state index in [0.717, 1.165) is 25.9 Å². The van der Waals surface area contributed by atoms with E-state index in [9.17, 15) is 15.2 Å². The first-order chi connectivity index (χ1) is 12.0. The number of ether oxygens (including phenoxy) is 1. The zero-order chi connectivity index (χ0) is 18.2. The van der Waals surface area contributed by atoms with Gasteiger partial charge in [0.15, 0.2) is 0 Å². The number of nitro groups is 1. The summed E-state index contributed by atoms with van der Waals surface area (Å²) in [6.45, 7) is 6.52. The zero-order valence-corrected chi connectivity index (χ0v) is 15.3. The maximum Gasteiger partial charge on any atom is 0.294 e. The van der Waals surface area contributed by atoms with Crippen LogP contribution in [0.4, 0.5) is 11.4 Å². The van der Waals surface area contributed by atoms with E-state index in [4.69, 9.17) is 16.3 Å². The summed E-state index contributed by atoms with van der Waals surface area (Å²) in [4.78, 5) is 15.0.